The molecular formula is C22H25ClN4O2S. The molecule has 0 aliphatic carbocycles. The first-order valence-electron chi connectivity index (χ1n) is 9.78. The summed E-state index contributed by atoms with van der Waals surface area (Å²) in [5, 5.41) is 16.5. The number of halogens is 1. The highest BCUT2D eigenvalue weighted by molar-refractivity contribution is 7.13. The first kappa shape index (κ1) is 22.2. The Morgan fingerprint density at radius 3 is 2.33 bits per heavy atom. The Balaban J connectivity index is 1.66. The van der Waals surface area contributed by atoms with Gasteiger partial charge in [0, 0.05) is 16.2 Å². The van der Waals surface area contributed by atoms with Crippen molar-refractivity contribution in [2.24, 2.45) is 0 Å². The molecule has 1 heterocycles. The molecule has 0 unspecified atom stereocenters. The van der Waals surface area contributed by atoms with E-state index in [0.717, 1.165) is 28.6 Å². The zero-order valence-electron chi connectivity index (χ0n) is 17.2. The van der Waals surface area contributed by atoms with Gasteiger partial charge in [0.2, 0.25) is 5.01 Å². The summed E-state index contributed by atoms with van der Waals surface area (Å²) in [5.74, 6) is 0.451. The van der Waals surface area contributed by atoms with Gasteiger partial charge < -0.3 is 15.4 Å². The molecule has 0 bridgehead atoms. The van der Waals surface area contributed by atoms with E-state index < -0.39 is 0 Å². The van der Waals surface area contributed by atoms with Crippen LogP contribution in [0.25, 0.3) is 0 Å². The van der Waals surface area contributed by atoms with Gasteiger partial charge in [-0.2, -0.15) is 0 Å². The average Bonchev–Trinajstić information content (AvgIpc) is 3.26. The van der Waals surface area contributed by atoms with Crippen LogP contribution in [0.15, 0.2) is 48.5 Å². The molecule has 1 amide bonds. The zero-order valence-corrected chi connectivity index (χ0v) is 18.8. The molecule has 0 saturated carbocycles. The number of hydrogen-bond donors (Lipinski definition) is 2. The molecule has 0 saturated heterocycles. The summed E-state index contributed by atoms with van der Waals surface area (Å²) in [7, 11) is 1.60. The van der Waals surface area contributed by atoms with Gasteiger partial charge in [-0.05, 0) is 54.8 Å². The molecule has 0 spiro atoms. The van der Waals surface area contributed by atoms with Crippen LogP contribution in [-0.2, 0) is 12.1 Å². The van der Waals surface area contributed by atoms with Crippen LogP contribution in [0.3, 0.4) is 0 Å². The smallest absolute Gasteiger partial charge is 0.286 e. The van der Waals surface area contributed by atoms with Crippen LogP contribution in [0.1, 0.15) is 47.1 Å². The van der Waals surface area contributed by atoms with Gasteiger partial charge in [0.25, 0.3) is 5.91 Å². The lowest BCUT2D eigenvalue weighted by Gasteiger charge is -2.33. The molecule has 30 heavy (non-hydrogen) atoms. The molecule has 0 aliphatic rings. The van der Waals surface area contributed by atoms with E-state index in [4.69, 9.17) is 16.3 Å². The number of aromatic nitrogens is 2. The second-order valence-corrected chi connectivity index (χ2v) is 8.33. The molecule has 6 nitrogen and oxygen atoms in total. The van der Waals surface area contributed by atoms with Crippen molar-refractivity contribution in [1.29, 1.82) is 0 Å². The third kappa shape index (κ3) is 5.16. The highest BCUT2D eigenvalue weighted by atomic mass is 35.5. The second-order valence-electron chi connectivity index (χ2n) is 6.83. The number of methoxy groups -OCH3 is 1. The molecule has 0 aliphatic heterocycles. The summed E-state index contributed by atoms with van der Waals surface area (Å²) in [5.41, 5.74) is 1.66. The van der Waals surface area contributed by atoms with E-state index >= 15 is 0 Å². The van der Waals surface area contributed by atoms with Crippen LogP contribution in [0.4, 0.5) is 5.69 Å². The largest absolute Gasteiger partial charge is 0.497 e. The molecule has 3 rings (SSSR count). The molecule has 1 aromatic heterocycles. The lowest BCUT2D eigenvalue weighted by atomic mass is 9.84. The molecule has 0 fully saturated rings. The zero-order chi connectivity index (χ0) is 21.6. The van der Waals surface area contributed by atoms with Gasteiger partial charge in [0.05, 0.1) is 13.7 Å². The van der Waals surface area contributed by atoms with E-state index in [0.29, 0.717) is 17.2 Å². The molecule has 3 aromatic rings. The summed E-state index contributed by atoms with van der Waals surface area (Å²) in [6, 6.07) is 15.1. The highest BCUT2D eigenvalue weighted by Crippen LogP contribution is 2.30. The van der Waals surface area contributed by atoms with Gasteiger partial charge in [-0.3, -0.25) is 4.79 Å². The van der Waals surface area contributed by atoms with Gasteiger partial charge in [-0.25, -0.2) is 0 Å². The average molecular weight is 445 g/mol. The lowest BCUT2D eigenvalue weighted by Crippen LogP contribution is -2.40. The van der Waals surface area contributed by atoms with Crippen molar-refractivity contribution in [3.63, 3.8) is 0 Å². The summed E-state index contributed by atoms with van der Waals surface area (Å²) in [6.07, 6.45) is 1.82. The first-order chi connectivity index (χ1) is 14.5. The maximum absolute atomic E-state index is 12.5. The van der Waals surface area contributed by atoms with E-state index in [2.05, 4.69) is 46.8 Å². The third-order valence-corrected chi connectivity index (χ3v) is 6.36. The van der Waals surface area contributed by atoms with Crippen LogP contribution >= 0.6 is 22.9 Å². The van der Waals surface area contributed by atoms with E-state index in [9.17, 15) is 4.79 Å². The van der Waals surface area contributed by atoms with E-state index in [1.165, 1.54) is 16.9 Å². The van der Waals surface area contributed by atoms with Crippen molar-refractivity contribution in [3.05, 3.63) is 69.1 Å². The molecule has 8 heteroatoms. The number of amides is 1. The Bertz CT molecular complexity index is 970. The number of nitrogens with zero attached hydrogens (tertiary/aromatic N) is 2. The molecular weight excluding hydrogens is 420 g/mol. The fourth-order valence-corrected chi connectivity index (χ4v) is 4.10. The number of ether oxygens (including phenoxy) is 1. The number of nitrogens with one attached hydrogen (secondary N) is 2. The number of hydrogen-bond acceptors (Lipinski definition) is 6. The van der Waals surface area contributed by atoms with Crippen LogP contribution in [0.2, 0.25) is 5.02 Å². The standard InChI is InChI=1S/C22H25ClN4O2S/c1-4-22(5-2,15-6-8-16(23)9-7-15)24-14-19-26-27-21(30-19)20(28)25-17-10-12-18(29-3)13-11-17/h6-13,24H,4-5,14H2,1-3H3,(H,25,28). The molecule has 0 atom stereocenters. The van der Waals surface area contributed by atoms with Crippen LogP contribution in [0, 0.1) is 0 Å². The van der Waals surface area contributed by atoms with Crippen molar-refractivity contribution in [2.45, 2.75) is 38.8 Å². The fourth-order valence-electron chi connectivity index (χ4n) is 3.30. The molecule has 0 radical (unpaired) electrons. The Morgan fingerprint density at radius 2 is 1.73 bits per heavy atom. The van der Waals surface area contributed by atoms with Gasteiger partial charge in [0.15, 0.2) is 0 Å². The Hall–Kier alpha value is -2.48. The number of carbonyl (C=O) groups excluding carboxylic acids is 1. The third-order valence-electron chi connectivity index (χ3n) is 5.19. The first-order valence-corrected chi connectivity index (χ1v) is 11.0. The molecule has 158 valence electrons. The van der Waals surface area contributed by atoms with E-state index in [1.807, 2.05) is 12.1 Å². The predicted molar refractivity (Wildman–Crippen MR) is 121 cm³/mol. The Morgan fingerprint density at radius 1 is 1.07 bits per heavy atom. The minimum atomic E-state index is -0.279. The van der Waals surface area contributed by atoms with Crippen LogP contribution in [0.5, 0.6) is 5.75 Å². The topological polar surface area (TPSA) is 76.1 Å². The van der Waals surface area contributed by atoms with Crippen molar-refractivity contribution < 1.29 is 9.53 Å². The van der Waals surface area contributed by atoms with Crippen molar-refractivity contribution in [2.75, 3.05) is 12.4 Å². The van der Waals surface area contributed by atoms with Gasteiger partial charge in [-0.1, -0.05) is 48.9 Å². The summed E-state index contributed by atoms with van der Waals surface area (Å²) >= 11 is 7.33. The normalized spacial score (nSPS) is 11.3. The number of rotatable bonds is 9. The Labute approximate surface area is 185 Å². The molecule has 2 aromatic carbocycles. The van der Waals surface area contributed by atoms with Crippen LogP contribution in [-0.4, -0.2) is 23.2 Å². The SMILES string of the molecule is CCC(CC)(NCc1nnc(C(=O)Nc2ccc(OC)cc2)s1)c1ccc(Cl)cc1. The summed E-state index contributed by atoms with van der Waals surface area (Å²) < 4.78 is 5.13. The van der Waals surface area contributed by atoms with E-state index in [-0.39, 0.29) is 11.4 Å². The predicted octanol–water partition coefficient (Wildman–Crippen LogP) is 5.26. The fraction of sp³-hybridized carbons (Fsp3) is 0.318. The summed E-state index contributed by atoms with van der Waals surface area (Å²) in [4.78, 5) is 12.5. The monoisotopic (exact) mass is 444 g/mol. The van der Waals surface area contributed by atoms with Gasteiger partial charge in [-0.15, -0.1) is 10.2 Å². The maximum atomic E-state index is 12.5. The van der Waals surface area contributed by atoms with E-state index in [1.54, 1.807) is 31.4 Å². The number of benzene rings is 2. The van der Waals surface area contributed by atoms with Crippen molar-refractivity contribution in [1.82, 2.24) is 15.5 Å². The van der Waals surface area contributed by atoms with Crippen molar-refractivity contribution >= 4 is 34.5 Å². The van der Waals surface area contributed by atoms with Crippen molar-refractivity contribution in [3.8, 4) is 5.75 Å². The Kier molecular flexibility index (Phi) is 7.42. The molecule has 2 N–H and O–H groups in total. The number of anilines is 1. The summed E-state index contributed by atoms with van der Waals surface area (Å²) in [6.45, 7) is 4.83. The van der Waals surface area contributed by atoms with Crippen LogP contribution < -0.4 is 15.4 Å². The number of carbonyl (C=O) groups is 1. The van der Waals surface area contributed by atoms with Gasteiger partial charge in [0.1, 0.15) is 10.8 Å². The maximum Gasteiger partial charge on any atom is 0.286 e. The quantitative estimate of drug-likeness (QED) is 0.471. The van der Waals surface area contributed by atoms with Gasteiger partial charge >= 0.3 is 0 Å². The minimum absolute atomic E-state index is 0.193. The highest BCUT2D eigenvalue weighted by Gasteiger charge is 2.28. The minimum Gasteiger partial charge on any atom is -0.497 e. The second kappa shape index (κ2) is 10.0. The lowest BCUT2D eigenvalue weighted by molar-refractivity contribution is 0.102.